The van der Waals surface area contributed by atoms with E-state index >= 15 is 0 Å². The van der Waals surface area contributed by atoms with Crippen molar-refractivity contribution < 1.29 is 14.3 Å². The van der Waals surface area contributed by atoms with Gasteiger partial charge in [0.05, 0.1) is 12.6 Å². The van der Waals surface area contributed by atoms with Gasteiger partial charge >= 0.3 is 0 Å². The molecule has 1 N–H and O–H groups in total. The maximum absolute atomic E-state index is 12.2. The second-order valence-electron chi connectivity index (χ2n) is 7.59. The Hall–Kier alpha value is -1.84. The Morgan fingerprint density at radius 3 is 2.22 bits per heavy atom. The number of rotatable bonds is 13. The van der Waals surface area contributed by atoms with Crippen LogP contribution in [0.4, 0.5) is 0 Å². The summed E-state index contributed by atoms with van der Waals surface area (Å²) in [5, 5.41) is 2.82. The van der Waals surface area contributed by atoms with E-state index in [2.05, 4.69) is 12.2 Å². The van der Waals surface area contributed by atoms with Crippen molar-refractivity contribution in [1.82, 2.24) is 5.32 Å². The Morgan fingerprint density at radius 2 is 1.63 bits per heavy atom. The first-order valence-electron chi connectivity index (χ1n) is 10.8. The minimum atomic E-state index is -0.305. The predicted molar refractivity (Wildman–Crippen MR) is 109 cm³/mol. The number of carbonyl (C=O) groups is 2. The largest absolute Gasteiger partial charge is 0.494 e. The molecule has 0 unspecified atom stereocenters. The highest BCUT2D eigenvalue weighted by Gasteiger charge is 2.26. The van der Waals surface area contributed by atoms with Crippen LogP contribution in [0.1, 0.15) is 94.3 Å². The van der Waals surface area contributed by atoms with Crippen molar-refractivity contribution in [2.75, 3.05) is 6.61 Å². The van der Waals surface area contributed by atoms with Crippen LogP contribution in [0.3, 0.4) is 0 Å². The first kappa shape index (κ1) is 21.5. The van der Waals surface area contributed by atoms with E-state index < -0.39 is 0 Å². The van der Waals surface area contributed by atoms with E-state index in [1.54, 1.807) is 12.1 Å². The Balaban J connectivity index is 1.56. The van der Waals surface area contributed by atoms with Gasteiger partial charge in [0, 0.05) is 12.0 Å². The SMILES string of the molecule is CCCCCCCCCCCOc1ccc(C(=O)N[C@@H]2CCCC2=O)cc1. The van der Waals surface area contributed by atoms with Crippen LogP contribution in [0.5, 0.6) is 5.75 Å². The maximum atomic E-state index is 12.2. The van der Waals surface area contributed by atoms with Gasteiger partial charge in [0.2, 0.25) is 0 Å². The number of ether oxygens (including phenoxy) is 1. The van der Waals surface area contributed by atoms with Gasteiger partial charge in [-0.25, -0.2) is 0 Å². The number of benzene rings is 1. The van der Waals surface area contributed by atoms with Crippen molar-refractivity contribution in [3.63, 3.8) is 0 Å². The number of amides is 1. The van der Waals surface area contributed by atoms with Gasteiger partial charge in [-0.05, 0) is 43.5 Å². The van der Waals surface area contributed by atoms with E-state index in [9.17, 15) is 9.59 Å². The average molecular weight is 374 g/mol. The molecule has 0 heterocycles. The topological polar surface area (TPSA) is 55.4 Å². The number of Topliss-reactive ketones (excluding diaryl/α,β-unsaturated/α-hetero) is 1. The fourth-order valence-corrected chi connectivity index (χ4v) is 3.52. The Kier molecular flexibility index (Phi) is 9.96. The minimum Gasteiger partial charge on any atom is -0.494 e. The summed E-state index contributed by atoms with van der Waals surface area (Å²) < 4.78 is 5.77. The van der Waals surface area contributed by atoms with Gasteiger partial charge < -0.3 is 10.1 Å². The Morgan fingerprint density at radius 1 is 1.00 bits per heavy atom. The lowest BCUT2D eigenvalue weighted by Gasteiger charge is -2.11. The van der Waals surface area contributed by atoms with Gasteiger partial charge in [0.1, 0.15) is 5.75 Å². The lowest BCUT2D eigenvalue weighted by molar-refractivity contribution is -0.118. The highest BCUT2D eigenvalue weighted by atomic mass is 16.5. The lowest BCUT2D eigenvalue weighted by Crippen LogP contribution is -2.37. The Labute approximate surface area is 164 Å². The van der Waals surface area contributed by atoms with Crippen LogP contribution in [-0.4, -0.2) is 24.3 Å². The number of hydrogen-bond donors (Lipinski definition) is 1. The normalized spacial score (nSPS) is 16.5. The summed E-state index contributed by atoms with van der Waals surface area (Å²) >= 11 is 0. The van der Waals surface area contributed by atoms with Gasteiger partial charge in [0.25, 0.3) is 5.91 Å². The molecule has 1 aromatic rings. The number of carbonyl (C=O) groups excluding carboxylic acids is 2. The van der Waals surface area contributed by atoms with Crippen LogP contribution in [0.2, 0.25) is 0 Å². The minimum absolute atomic E-state index is 0.143. The molecule has 1 fully saturated rings. The molecule has 150 valence electrons. The molecular weight excluding hydrogens is 338 g/mol. The molecule has 0 aliphatic heterocycles. The summed E-state index contributed by atoms with van der Waals surface area (Å²) in [5.41, 5.74) is 0.574. The van der Waals surface area contributed by atoms with Crippen molar-refractivity contribution in [3.05, 3.63) is 29.8 Å². The third-order valence-corrected chi connectivity index (χ3v) is 5.24. The zero-order valence-electron chi connectivity index (χ0n) is 16.8. The summed E-state index contributed by atoms with van der Waals surface area (Å²) in [4.78, 5) is 23.8. The van der Waals surface area contributed by atoms with Crippen LogP contribution >= 0.6 is 0 Å². The third-order valence-electron chi connectivity index (χ3n) is 5.24. The summed E-state index contributed by atoms with van der Waals surface area (Å²) in [6.07, 6.45) is 13.9. The van der Waals surface area contributed by atoms with Crippen molar-refractivity contribution in [3.8, 4) is 5.75 Å². The fourth-order valence-electron chi connectivity index (χ4n) is 3.52. The summed E-state index contributed by atoms with van der Waals surface area (Å²) in [5.74, 6) is 0.757. The molecule has 1 aliphatic rings. The average Bonchev–Trinajstić information content (AvgIpc) is 3.08. The summed E-state index contributed by atoms with van der Waals surface area (Å²) in [7, 11) is 0. The van der Waals surface area contributed by atoms with Crippen molar-refractivity contribution in [2.45, 2.75) is 90.0 Å². The second kappa shape index (κ2) is 12.5. The van der Waals surface area contributed by atoms with E-state index in [0.717, 1.165) is 31.6 Å². The monoisotopic (exact) mass is 373 g/mol. The molecule has 1 atom stereocenters. The van der Waals surface area contributed by atoms with E-state index in [0.29, 0.717) is 12.0 Å². The second-order valence-corrected chi connectivity index (χ2v) is 7.59. The molecule has 1 saturated carbocycles. The molecule has 4 heteroatoms. The van der Waals surface area contributed by atoms with Crippen LogP contribution in [-0.2, 0) is 4.79 Å². The highest BCUT2D eigenvalue weighted by Crippen LogP contribution is 2.17. The van der Waals surface area contributed by atoms with Crippen LogP contribution < -0.4 is 10.1 Å². The van der Waals surface area contributed by atoms with Crippen molar-refractivity contribution in [2.24, 2.45) is 0 Å². The van der Waals surface area contributed by atoms with Gasteiger partial charge in [0.15, 0.2) is 5.78 Å². The van der Waals surface area contributed by atoms with E-state index in [1.807, 2.05) is 12.1 Å². The zero-order valence-corrected chi connectivity index (χ0v) is 16.8. The molecule has 4 nitrogen and oxygen atoms in total. The first-order valence-corrected chi connectivity index (χ1v) is 10.8. The highest BCUT2D eigenvalue weighted by molar-refractivity contribution is 5.98. The zero-order chi connectivity index (χ0) is 19.3. The molecule has 0 saturated heterocycles. The lowest BCUT2D eigenvalue weighted by atomic mass is 10.1. The van der Waals surface area contributed by atoms with Crippen LogP contribution in [0.15, 0.2) is 24.3 Å². The summed E-state index contributed by atoms with van der Waals surface area (Å²) in [6.45, 7) is 2.97. The number of nitrogens with one attached hydrogen (secondary N) is 1. The van der Waals surface area contributed by atoms with E-state index in [4.69, 9.17) is 4.74 Å². The molecule has 1 aromatic carbocycles. The van der Waals surface area contributed by atoms with Gasteiger partial charge in [-0.15, -0.1) is 0 Å². The molecule has 1 aliphatic carbocycles. The maximum Gasteiger partial charge on any atom is 0.251 e. The van der Waals surface area contributed by atoms with Gasteiger partial charge in [-0.2, -0.15) is 0 Å². The molecule has 1 amide bonds. The molecule has 0 radical (unpaired) electrons. The Bertz CT molecular complexity index is 567. The van der Waals surface area contributed by atoms with Crippen LogP contribution in [0, 0.1) is 0 Å². The number of unbranched alkanes of at least 4 members (excludes halogenated alkanes) is 8. The molecular formula is C23H35NO3. The molecule has 0 bridgehead atoms. The van der Waals surface area contributed by atoms with Gasteiger partial charge in [-0.1, -0.05) is 58.3 Å². The third kappa shape index (κ3) is 8.15. The van der Waals surface area contributed by atoms with Crippen molar-refractivity contribution in [1.29, 1.82) is 0 Å². The number of ketones is 1. The molecule has 2 rings (SSSR count). The first-order chi connectivity index (χ1) is 13.2. The van der Waals surface area contributed by atoms with Crippen LogP contribution in [0.25, 0.3) is 0 Å². The van der Waals surface area contributed by atoms with E-state index in [-0.39, 0.29) is 17.7 Å². The molecule has 0 aromatic heterocycles. The van der Waals surface area contributed by atoms with E-state index in [1.165, 1.54) is 51.4 Å². The standard InChI is InChI=1S/C23H35NO3/c1-2-3-4-5-6-7-8-9-10-18-27-20-16-14-19(15-17-20)23(26)24-21-12-11-13-22(21)25/h14-17,21H,2-13,18H2,1H3,(H,24,26)/t21-/m1/s1. The van der Waals surface area contributed by atoms with Crippen molar-refractivity contribution >= 4 is 11.7 Å². The smallest absolute Gasteiger partial charge is 0.251 e. The number of hydrogen-bond acceptors (Lipinski definition) is 3. The predicted octanol–water partition coefficient (Wildman–Crippen LogP) is 5.45. The fraction of sp³-hybridized carbons (Fsp3) is 0.652. The summed E-state index contributed by atoms with van der Waals surface area (Å²) in [6, 6.07) is 6.89. The molecule has 0 spiro atoms. The quantitative estimate of drug-likeness (QED) is 0.468. The molecule has 27 heavy (non-hydrogen) atoms. The van der Waals surface area contributed by atoms with Gasteiger partial charge in [-0.3, -0.25) is 9.59 Å².